The molecule has 4 atom stereocenters. The number of furan rings is 1. The van der Waals surface area contributed by atoms with Gasteiger partial charge in [-0.2, -0.15) is 0 Å². The van der Waals surface area contributed by atoms with Crippen LogP contribution in [0.1, 0.15) is 37.5 Å². The highest BCUT2D eigenvalue weighted by Gasteiger charge is 2.74. The molecule has 1 fully saturated rings. The first-order valence-electron chi connectivity index (χ1n) is 8.92. The van der Waals surface area contributed by atoms with Crippen molar-refractivity contribution in [1.29, 1.82) is 0 Å². The van der Waals surface area contributed by atoms with Crippen molar-refractivity contribution in [2.45, 2.75) is 37.8 Å². The first-order chi connectivity index (χ1) is 13.3. The molecule has 0 spiro atoms. The van der Waals surface area contributed by atoms with E-state index in [0.29, 0.717) is 0 Å². The van der Waals surface area contributed by atoms with Crippen LogP contribution in [0.4, 0.5) is 0 Å². The van der Waals surface area contributed by atoms with Gasteiger partial charge in [0.2, 0.25) is 0 Å². The number of esters is 1. The highest BCUT2D eigenvalue weighted by atomic mass is 16.6. The van der Waals surface area contributed by atoms with E-state index in [1.165, 1.54) is 37.5 Å². The molecule has 1 aromatic carbocycles. The van der Waals surface area contributed by atoms with Crippen molar-refractivity contribution in [3.63, 3.8) is 0 Å². The van der Waals surface area contributed by atoms with Crippen LogP contribution in [-0.2, 0) is 19.9 Å². The molecule has 8 heteroatoms. The van der Waals surface area contributed by atoms with Gasteiger partial charge in [0.15, 0.2) is 5.60 Å². The molecule has 148 valence electrons. The number of hydrogen-bond donors (Lipinski definition) is 1. The fraction of sp³-hybridized carbons (Fsp3) is 0.400. The Kier molecular flexibility index (Phi) is 5.08. The van der Waals surface area contributed by atoms with Gasteiger partial charge in [0, 0.05) is 11.3 Å². The molecular formula is C20H21NO7. The lowest BCUT2D eigenvalue weighted by molar-refractivity contribution is -0.547. The van der Waals surface area contributed by atoms with Crippen LogP contribution in [0.3, 0.4) is 0 Å². The van der Waals surface area contributed by atoms with Crippen molar-refractivity contribution in [2.75, 3.05) is 6.61 Å². The number of hydrogen-bond acceptors (Lipinski definition) is 7. The van der Waals surface area contributed by atoms with E-state index >= 15 is 0 Å². The van der Waals surface area contributed by atoms with Gasteiger partial charge >= 0.3 is 5.97 Å². The summed E-state index contributed by atoms with van der Waals surface area (Å²) in [6.45, 7) is 2.75. The van der Waals surface area contributed by atoms with Crippen molar-refractivity contribution in [3.8, 4) is 0 Å². The fourth-order valence-electron chi connectivity index (χ4n) is 4.29. The van der Waals surface area contributed by atoms with Crippen LogP contribution in [0.5, 0.6) is 0 Å². The number of benzene rings is 1. The Morgan fingerprint density at radius 1 is 1.29 bits per heavy atom. The molecule has 0 saturated heterocycles. The third-order valence-corrected chi connectivity index (χ3v) is 5.50. The van der Waals surface area contributed by atoms with E-state index in [9.17, 15) is 24.8 Å². The van der Waals surface area contributed by atoms with Crippen LogP contribution in [0.25, 0.3) is 0 Å². The predicted octanol–water partition coefficient (Wildman–Crippen LogP) is 2.44. The molecule has 0 unspecified atom stereocenters. The van der Waals surface area contributed by atoms with Crippen LogP contribution in [0, 0.1) is 15.5 Å². The summed E-state index contributed by atoms with van der Waals surface area (Å²) < 4.78 is 10.5. The molecule has 1 aromatic heterocycles. The summed E-state index contributed by atoms with van der Waals surface area (Å²) in [5, 5.41) is 23.6. The summed E-state index contributed by atoms with van der Waals surface area (Å²) in [5.41, 5.74) is -3.77. The van der Waals surface area contributed by atoms with Crippen molar-refractivity contribution < 1.29 is 28.8 Å². The highest BCUT2D eigenvalue weighted by Crippen LogP contribution is 2.59. The largest absolute Gasteiger partial charge is 0.469 e. The van der Waals surface area contributed by atoms with Gasteiger partial charge in [-0.25, -0.2) is 0 Å². The minimum absolute atomic E-state index is 0.00830. The first-order valence-corrected chi connectivity index (χ1v) is 8.92. The standard InChI is InChI=1S/C20H21NO7/c1-3-27-18(23)19(13(2)22)12-20(24,14-8-5-4-6-9-14)17(21(25)26)16(19)15-10-7-11-28-15/h4-11,16-17,24H,3,12H2,1-2H3/t16-,17-,19-,20-/m0/s1. The molecule has 28 heavy (non-hydrogen) atoms. The molecule has 0 bridgehead atoms. The number of carbonyl (C=O) groups is 2. The number of rotatable bonds is 6. The van der Waals surface area contributed by atoms with E-state index in [1.54, 1.807) is 25.1 Å². The second-order valence-corrected chi connectivity index (χ2v) is 6.94. The molecule has 0 aliphatic heterocycles. The van der Waals surface area contributed by atoms with E-state index in [0.717, 1.165) is 0 Å². The van der Waals surface area contributed by atoms with Gasteiger partial charge in [0.05, 0.1) is 12.9 Å². The molecule has 1 N–H and O–H groups in total. The van der Waals surface area contributed by atoms with Crippen molar-refractivity contribution in [1.82, 2.24) is 0 Å². The minimum Gasteiger partial charge on any atom is -0.469 e. The van der Waals surface area contributed by atoms with Gasteiger partial charge in [0.1, 0.15) is 22.9 Å². The quantitative estimate of drug-likeness (QED) is 0.350. The minimum atomic E-state index is -2.07. The van der Waals surface area contributed by atoms with Crippen molar-refractivity contribution >= 4 is 11.8 Å². The third-order valence-electron chi connectivity index (χ3n) is 5.50. The van der Waals surface area contributed by atoms with Crippen LogP contribution in [0.2, 0.25) is 0 Å². The van der Waals surface area contributed by atoms with Gasteiger partial charge in [-0.1, -0.05) is 30.3 Å². The normalized spacial score (nSPS) is 29.4. The predicted molar refractivity (Wildman–Crippen MR) is 96.9 cm³/mol. The summed E-state index contributed by atoms with van der Waals surface area (Å²) in [6.07, 6.45) is 0.831. The summed E-state index contributed by atoms with van der Waals surface area (Å²) in [4.78, 5) is 37.3. The van der Waals surface area contributed by atoms with Gasteiger partial charge in [-0.15, -0.1) is 0 Å². The number of nitrogens with zero attached hydrogens (tertiary/aromatic N) is 1. The number of carbonyl (C=O) groups excluding carboxylic acids is 2. The Morgan fingerprint density at radius 3 is 2.46 bits per heavy atom. The van der Waals surface area contributed by atoms with Crippen molar-refractivity contribution in [2.24, 2.45) is 5.41 Å². The van der Waals surface area contributed by atoms with Crippen LogP contribution < -0.4 is 0 Å². The molecule has 1 saturated carbocycles. The maximum Gasteiger partial charge on any atom is 0.320 e. The maximum atomic E-state index is 13.0. The number of nitro groups is 1. The Labute approximate surface area is 161 Å². The Hall–Kier alpha value is -3.00. The average Bonchev–Trinajstić information content (AvgIpc) is 3.27. The lowest BCUT2D eigenvalue weighted by Crippen LogP contribution is -2.45. The molecule has 3 rings (SSSR count). The number of aliphatic hydroxyl groups is 1. The average molecular weight is 387 g/mol. The van der Waals surface area contributed by atoms with E-state index in [2.05, 4.69) is 0 Å². The Bertz CT molecular complexity index is 879. The molecule has 1 aliphatic rings. The molecule has 0 amide bonds. The Balaban J connectivity index is 2.31. The van der Waals surface area contributed by atoms with E-state index in [-0.39, 0.29) is 17.9 Å². The molecule has 1 heterocycles. The molecule has 1 aliphatic carbocycles. The maximum absolute atomic E-state index is 13.0. The molecule has 0 radical (unpaired) electrons. The van der Waals surface area contributed by atoms with Crippen LogP contribution >= 0.6 is 0 Å². The SMILES string of the molecule is CCOC(=O)[C@]1(C(C)=O)C[C@](O)(c2ccccc2)[C@@H]([N+](=O)[O-])[C@@H]1c1ccco1. The molecule has 2 aromatic rings. The topological polar surface area (TPSA) is 120 Å². The van der Waals surface area contributed by atoms with Crippen LogP contribution in [-0.4, -0.2) is 34.4 Å². The lowest BCUT2D eigenvalue weighted by atomic mass is 9.72. The number of ether oxygens (including phenoxy) is 1. The zero-order valence-corrected chi connectivity index (χ0v) is 15.5. The number of ketones is 1. The Morgan fingerprint density at radius 2 is 1.96 bits per heavy atom. The van der Waals surface area contributed by atoms with E-state index in [1.807, 2.05) is 0 Å². The van der Waals surface area contributed by atoms with E-state index < -0.39 is 46.1 Å². The third kappa shape index (κ3) is 2.80. The summed E-state index contributed by atoms with van der Waals surface area (Å²) in [6, 6.07) is 9.34. The monoisotopic (exact) mass is 387 g/mol. The summed E-state index contributed by atoms with van der Waals surface area (Å²) in [7, 11) is 0. The highest BCUT2D eigenvalue weighted by molar-refractivity contribution is 6.04. The van der Waals surface area contributed by atoms with Crippen LogP contribution in [0.15, 0.2) is 53.1 Å². The van der Waals surface area contributed by atoms with Crippen molar-refractivity contribution in [3.05, 3.63) is 70.2 Å². The number of Topliss-reactive ketones (excluding diaryl/α,β-unsaturated/α-hetero) is 1. The summed E-state index contributed by atoms with van der Waals surface area (Å²) >= 11 is 0. The molecule has 8 nitrogen and oxygen atoms in total. The van der Waals surface area contributed by atoms with E-state index in [4.69, 9.17) is 9.15 Å². The first kappa shape index (κ1) is 19.8. The van der Waals surface area contributed by atoms with Gasteiger partial charge in [0.25, 0.3) is 6.04 Å². The second kappa shape index (κ2) is 7.20. The van der Waals surface area contributed by atoms with Gasteiger partial charge in [-0.05, 0) is 31.5 Å². The van der Waals surface area contributed by atoms with Gasteiger partial charge in [-0.3, -0.25) is 19.7 Å². The molecular weight excluding hydrogens is 366 g/mol. The zero-order valence-electron chi connectivity index (χ0n) is 15.5. The smallest absolute Gasteiger partial charge is 0.320 e. The zero-order chi connectivity index (χ0) is 20.5. The van der Waals surface area contributed by atoms with Gasteiger partial charge < -0.3 is 14.3 Å². The lowest BCUT2D eigenvalue weighted by Gasteiger charge is -2.28. The summed E-state index contributed by atoms with van der Waals surface area (Å²) in [5.74, 6) is -2.76. The fourth-order valence-corrected chi connectivity index (χ4v) is 4.29. The second-order valence-electron chi connectivity index (χ2n) is 6.94.